The van der Waals surface area contributed by atoms with E-state index in [1.54, 1.807) is 0 Å². The van der Waals surface area contributed by atoms with Gasteiger partial charge in [0.05, 0.1) is 26.3 Å². The Balaban J connectivity index is 1.86. The zero-order chi connectivity index (χ0) is 23.7. The quantitative estimate of drug-likeness (QED) is 0.297. The molecule has 0 unspecified atom stereocenters. The summed E-state index contributed by atoms with van der Waals surface area (Å²) >= 11 is 4.99. The fourth-order valence-electron chi connectivity index (χ4n) is 2.39. The maximum atomic E-state index is 12.4. The molecule has 0 fully saturated rings. The summed E-state index contributed by atoms with van der Waals surface area (Å²) in [7, 11) is 4.27. The summed E-state index contributed by atoms with van der Waals surface area (Å²) in [6.45, 7) is -0.395. The molecule has 0 aliphatic carbocycles. The van der Waals surface area contributed by atoms with Crippen LogP contribution in [0.5, 0.6) is 23.0 Å². The minimum absolute atomic E-state index is 0.100. The predicted octanol–water partition coefficient (Wildman–Crippen LogP) is 1.34. The number of amides is 2. The lowest BCUT2D eigenvalue weighted by atomic mass is 10.1. The first-order valence-electron chi connectivity index (χ1n) is 8.86. The van der Waals surface area contributed by atoms with Gasteiger partial charge in [-0.1, -0.05) is 0 Å². The highest BCUT2D eigenvalue weighted by atomic mass is 32.1. The van der Waals surface area contributed by atoms with Crippen molar-refractivity contribution in [2.75, 3.05) is 27.9 Å². The van der Waals surface area contributed by atoms with E-state index in [9.17, 15) is 19.7 Å². The van der Waals surface area contributed by atoms with Crippen LogP contribution in [-0.2, 0) is 4.79 Å². The van der Waals surface area contributed by atoms with Crippen LogP contribution in [-0.4, -0.2) is 49.8 Å². The second kappa shape index (κ2) is 11.3. The third-order valence-corrected chi connectivity index (χ3v) is 4.09. The molecule has 13 heteroatoms. The third-order valence-electron chi connectivity index (χ3n) is 3.89. The van der Waals surface area contributed by atoms with Gasteiger partial charge in [-0.25, -0.2) is 0 Å². The molecule has 0 aliphatic heterocycles. The van der Waals surface area contributed by atoms with Crippen LogP contribution in [0.1, 0.15) is 10.4 Å². The molecule has 12 nitrogen and oxygen atoms in total. The molecule has 0 heterocycles. The van der Waals surface area contributed by atoms with Gasteiger partial charge in [-0.2, -0.15) is 0 Å². The van der Waals surface area contributed by atoms with E-state index in [0.717, 1.165) is 0 Å². The van der Waals surface area contributed by atoms with Crippen molar-refractivity contribution in [1.82, 2.24) is 16.2 Å². The van der Waals surface area contributed by atoms with Gasteiger partial charge < -0.3 is 18.9 Å². The van der Waals surface area contributed by atoms with E-state index in [1.165, 1.54) is 57.7 Å². The molecular weight excluding hydrogens is 444 g/mol. The van der Waals surface area contributed by atoms with Crippen molar-refractivity contribution in [2.45, 2.75) is 0 Å². The Morgan fingerprint density at radius 3 is 2.09 bits per heavy atom. The van der Waals surface area contributed by atoms with E-state index < -0.39 is 23.3 Å². The number of non-ortho nitro benzene ring substituents is 1. The maximum absolute atomic E-state index is 12.4. The zero-order valence-electron chi connectivity index (χ0n) is 17.3. The second-order valence-electron chi connectivity index (χ2n) is 5.91. The molecule has 0 saturated heterocycles. The molecule has 3 N–H and O–H groups in total. The number of nitrogens with zero attached hydrogens (tertiary/aromatic N) is 1. The van der Waals surface area contributed by atoms with Gasteiger partial charge in [0.15, 0.2) is 23.2 Å². The van der Waals surface area contributed by atoms with Gasteiger partial charge in [-0.05, 0) is 36.5 Å². The third kappa shape index (κ3) is 6.43. The number of nitrogens with one attached hydrogen (secondary N) is 3. The number of ether oxygens (including phenoxy) is 4. The SMILES string of the molecule is COc1cc(C(=O)NC(=S)NNC(=O)COc2ccc([N+](=O)[O-])cc2)cc(OC)c1OC. The average Bonchev–Trinajstić information content (AvgIpc) is 2.80. The van der Waals surface area contributed by atoms with Crippen molar-refractivity contribution in [3.05, 3.63) is 52.1 Å². The van der Waals surface area contributed by atoms with Gasteiger partial charge in [-0.15, -0.1) is 0 Å². The van der Waals surface area contributed by atoms with Gasteiger partial charge in [0.25, 0.3) is 17.5 Å². The largest absolute Gasteiger partial charge is 0.493 e. The van der Waals surface area contributed by atoms with Gasteiger partial charge in [0.1, 0.15) is 5.75 Å². The van der Waals surface area contributed by atoms with Crippen molar-refractivity contribution in [3.63, 3.8) is 0 Å². The number of methoxy groups -OCH3 is 3. The fraction of sp³-hybridized carbons (Fsp3) is 0.211. The smallest absolute Gasteiger partial charge is 0.276 e. The summed E-state index contributed by atoms with van der Waals surface area (Å²) < 4.78 is 20.8. The van der Waals surface area contributed by atoms with Crippen LogP contribution in [0.15, 0.2) is 36.4 Å². The Bertz CT molecular complexity index is 988. The van der Waals surface area contributed by atoms with E-state index in [1.807, 2.05) is 0 Å². The second-order valence-corrected chi connectivity index (χ2v) is 6.32. The number of thiocarbonyl (C=S) groups is 1. The van der Waals surface area contributed by atoms with Crippen molar-refractivity contribution in [3.8, 4) is 23.0 Å². The molecule has 0 aromatic heterocycles. The number of rotatable bonds is 8. The van der Waals surface area contributed by atoms with Crippen LogP contribution in [0.2, 0.25) is 0 Å². The molecule has 2 aromatic rings. The lowest BCUT2D eigenvalue weighted by molar-refractivity contribution is -0.384. The zero-order valence-corrected chi connectivity index (χ0v) is 18.1. The molecule has 0 aliphatic rings. The van der Waals surface area contributed by atoms with E-state index >= 15 is 0 Å². The predicted molar refractivity (Wildman–Crippen MR) is 116 cm³/mol. The highest BCUT2D eigenvalue weighted by Gasteiger charge is 2.18. The first-order valence-corrected chi connectivity index (χ1v) is 9.27. The van der Waals surface area contributed by atoms with Crippen LogP contribution in [0.3, 0.4) is 0 Å². The highest BCUT2D eigenvalue weighted by molar-refractivity contribution is 7.80. The van der Waals surface area contributed by atoms with Gasteiger partial charge in [0.2, 0.25) is 5.75 Å². The van der Waals surface area contributed by atoms with Crippen LogP contribution < -0.4 is 35.1 Å². The summed E-state index contributed by atoms with van der Waals surface area (Å²) in [6.07, 6.45) is 0. The minimum Gasteiger partial charge on any atom is -0.493 e. The Labute approximate surface area is 187 Å². The number of nitro groups is 1. The summed E-state index contributed by atoms with van der Waals surface area (Å²) in [5.41, 5.74) is 4.70. The molecular formula is C19H20N4O8S. The topological polar surface area (TPSA) is 150 Å². The van der Waals surface area contributed by atoms with Gasteiger partial charge in [0, 0.05) is 17.7 Å². The fourth-order valence-corrected chi connectivity index (χ4v) is 2.54. The van der Waals surface area contributed by atoms with E-state index in [2.05, 4.69) is 16.2 Å². The lowest BCUT2D eigenvalue weighted by Crippen LogP contribution is -2.49. The first-order chi connectivity index (χ1) is 15.3. The summed E-state index contributed by atoms with van der Waals surface area (Å²) in [5.74, 6) is -0.0254. The monoisotopic (exact) mass is 464 g/mol. The minimum atomic E-state index is -0.604. The van der Waals surface area contributed by atoms with Crippen molar-refractivity contribution in [1.29, 1.82) is 0 Å². The Morgan fingerprint density at radius 1 is 1.00 bits per heavy atom. The first kappa shape index (κ1) is 24.1. The van der Waals surface area contributed by atoms with E-state index in [4.69, 9.17) is 31.2 Å². The van der Waals surface area contributed by atoms with E-state index in [-0.39, 0.29) is 33.6 Å². The molecule has 2 rings (SSSR count). The van der Waals surface area contributed by atoms with Crippen LogP contribution in [0.25, 0.3) is 0 Å². The summed E-state index contributed by atoms with van der Waals surface area (Å²) in [6, 6.07) is 8.10. The average molecular weight is 464 g/mol. The summed E-state index contributed by atoms with van der Waals surface area (Å²) in [5, 5.41) is 12.8. The Kier molecular flexibility index (Phi) is 8.53. The normalized spacial score (nSPS) is 9.84. The number of benzene rings is 2. The number of hydrogen-bond donors (Lipinski definition) is 3. The van der Waals surface area contributed by atoms with Crippen molar-refractivity contribution < 1.29 is 33.5 Å². The number of hydrazine groups is 1. The van der Waals surface area contributed by atoms with Crippen molar-refractivity contribution >= 4 is 34.8 Å². The molecule has 2 aromatic carbocycles. The number of nitro benzene ring substituents is 1. The Morgan fingerprint density at radius 2 is 1.59 bits per heavy atom. The molecule has 2 amide bonds. The lowest BCUT2D eigenvalue weighted by Gasteiger charge is -2.15. The molecule has 0 bridgehead atoms. The molecule has 0 spiro atoms. The summed E-state index contributed by atoms with van der Waals surface area (Å²) in [4.78, 5) is 34.4. The molecule has 0 saturated carbocycles. The maximum Gasteiger partial charge on any atom is 0.276 e. The van der Waals surface area contributed by atoms with Crippen molar-refractivity contribution in [2.24, 2.45) is 0 Å². The molecule has 0 radical (unpaired) electrons. The van der Waals surface area contributed by atoms with Gasteiger partial charge >= 0.3 is 0 Å². The van der Waals surface area contributed by atoms with Crippen LogP contribution in [0.4, 0.5) is 5.69 Å². The molecule has 0 atom stereocenters. The highest BCUT2D eigenvalue weighted by Crippen LogP contribution is 2.38. The number of carbonyl (C=O) groups excluding carboxylic acids is 2. The van der Waals surface area contributed by atoms with Crippen LogP contribution >= 0.6 is 12.2 Å². The standard InChI is InChI=1S/C19H20N4O8S/c1-28-14-8-11(9-15(29-2)17(14)30-3)18(25)20-19(32)22-21-16(24)10-31-13-6-4-12(5-7-13)23(26)27/h4-9H,10H2,1-3H3,(H,21,24)(H2,20,22,25,32). The van der Waals surface area contributed by atoms with E-state index in [0.29, 0.717) is 5.75 Å². The number of carbonyl (C=O) groups is 2. The Hall–Kier alpha value is -4.13. The molecule has 32 heavy (non-hydrogen) atoms. The van der Waals surface area contributed by atoms with Crippen LogP contribution in [0, 0.1) is 10.1 Å². The number of hydrogen-bond acceptors (Lipinski definition) is 9. The van der Waals surface area contributed by atoms with Gasteiger partial charge in [-0.3, -0.25) is 35.9 Å². The molecule has 170 valence electrons.